The Balaban J connectivity index is 2.85. The molecule has 0 spiro atoms. The number of nitriles is 1. The van der Waals surface area contributed by atoms with E-state index in [-0.39, 0.29) is 6.42 Å². The molecule has 0 fully saturated rings. The van der Waals surface area contributed by atoms with Crippen molar-refractivity contribution in [3.05, 3.63) is 35.4 Å². The maximum atomic E-state index is 10.3. The van der Waals surface area contributed by atoms with Gasteiger partial charge in [-0.05, 0) is 17.7 Å². The summed E-state index contributed by atoms with van der Waals surface area (Å²) < 4.78 is 0. The van der Waals surface area contributed by atoms with Gasteiger partial charge < -0.3 is 10.2 Å². The van der Waals surface area contributed by atoms with Crippen molar-refractivity contribution in [2.45, 2.75) is 12.5 Å². The minimum absolute atomic E-state index is 0.352. The standard InChI is InChI=1S/C10H9NO3/c11-6-7-2-1-3-8(4-7)9(12)5-10(13)14/h1-4,9,12H,5H2,(H,13,14). The number of hydrogen-bond acceptors (Lipinski definition) is 3. The molecule has 0 bridgehead atoms. The molecule has 14 heavy (non-hydrogen) atoms. The van der Waals surface area contributed by atoms with E-state index in [1.54, 1.807) is 18.2 Å². The Kier molecular flexibility index (Phi) is 3.21. The minimum Gasteiger partial charge on any atom is -0.481 e. The van der Waals surface area contributed by atoms with Crippen molar-refractivity contribution in [3.63, 3.8) is 0 Å². The molecular weight excluding hydrogens is 182 g/mol. The van der Waals surface area contributed by atoms with Crippen molar-refractivity contribution in [1.82, 2.24) is 0 Å². The largest absolute Gasteiger partial charge is 0.481 e. The summed E-state index contributed by atoms with van der Waals surface area (Å²) in [6, 6.07) is 8.19. The topological polar surface area (TPSA) is 81.3 Å². The maximum absolute atomic E-state index is 10.3. The summed E-state index contributed by atoms with van der Waals surface area (Å²) in [6.45, 7) is 0. The van der Waals surface area contributed by atoms with Crippen molar-refractivity contribution < 1.29 is 15.0 Å². The first-order chi connectivity index (χ1) is 6.63. The molecule has 0 heterocycles. The number of aliphatic hydroxyl groups is 1. The van der Waals surface area contributed by atoms with Crippen LogP contribution >= 0.6 is 0 Å². The molecule has 0 aliphatic rings. The quantitative estimate of drug-likeness (QED) is 0.748. The fourth-order valence-electron chi connectivity index (χ4n) is 1.10. The van der Waals surface area contributed by atoms with Crippen LogP contribution in [0.5, 0.6) is 0 Å². The summed E-state index contributed by atoms with van der Waals surface area (Å²) in [5.41, 5.74) is 0.860. The third-order valence-corrected chi connectivity index (χ3v) is 1.77. The molecule has 0 aliphatic carbocycles. The van der Waals surface area contributed by atoms with E-state index < -0.39 is 12.1 Å². The van der Waals surface area contributed by atoms with Gasteiger partial charge in [-0.3, -0.25) is 4.79 Å². The summed E-state index contributed by atoms with van der Waals surface area (Å²) in [6.07, 6.45) is -1.41. The fourth-order valence-corrected chi connectivity index (χ4v) is 1.10. The summed E-state index contributed by atoms with van der Waals surface area (Å²) in [4.78, 5) is 10.3. The average Bonchev–Trinajstić information content (AvgIpc) is 2.17. The molecule has 0 radical (unpaired) electrons. The zero-order chi connectivity index (χ0) is 10.6. The number of aliphatic hydroxyl groups excluding tert-OH is 1. The Hall–Kier alpha value is -1.86. The Labute approximate surface area is 81.0 Å². The molecule has 0 saturated carbocycles. The summed E-state index contributed by atoms with van der Waals surface area (Å²) in [5, 5.41) is 26.4. The highest BCUT2D eigenvalue weighted by atomic mass is 16.4. The molecule has 2 N–H and O–H groups in total. The number of nitrogens with zero attached hydrogens (tertiary/aromatic N) is 1. The molecule has 1 rings (SSSR count). The SMILES string of the molecule is N#Cc1cccc(C(O)CC(=O)O)c1. The van der Waals surface area contributed by atoms with Gasteiger partial charge in [-0.2, -0.15) is 5.26 Å². The van der Waals surface area contributed by atoms with Crippen LogP contribution in [0.1, 0.15) is 23.7 Å². The first kappa shape index (κ1) is 10.2. The molecule has 0 aromatic heterocycles. The van der Waals surface area contributed by atoms with Crippen LogP contribution in [-0.2, 0) is 4.79 Å². The van der Waals surface area contributed by atoms with E-state index in [1.807, 2.05) is 6.07 Å². The van der Waals surface area contributed by atoms with E-state index in [1.165, 1.54) is 6.07 Å². The number of hydrogen-bond donors (Lipinski definition) is 2. The van der Waals surface area contributed by atoms with Crippen LogP contribution in [0.25, 0.3) is 0 Å². The number of aliphatic carboxylic acids is 1. The van der Waals surface area contributed by atoms with Gasteiger partial charge >= 0.3 is 5.97 Å². The number of carboxylic acid groups (broad SMARTS) is 1. The van der Waals surface area contributed by atoms with Gasteiger partial charge in [0, 0.05) is 0 Å². The van der Waals surface area contributed by atoms with Crippen LogP contribution in [0.3, 0.4) is 0 Å². The van der Waals surface area contributed by atoms with Gasteiger partial charge in [-0.25, -0.2) is 0 Å². The lowest BCUT2D eigenvalue weighted by Gasteiger charge is -2.07. The molecular formula is C10H9NO3. The van der Waals surface area contributed by atoms with Gasteiger partial charge in [-0.15, -0.1) is 0 Å². The van der Waals surface area contributed by atoms with Crippen LogP contribution in [-0.4, -0.2) is 16.2 Å². The second-order valence-corrected chi connectivity index (χ2v) is 2.85. The third kappa shape index (κ3) is 2.57. The second-order valence-electron chi connectivity index (χ2n) is 2.85. The molecule has 1 unspecified atom stereocenters. The van der Waals surface area contributed by atoms with Crippen LogP contribution in [0.15, 0.2) is 24.3 Å². The molecule has 1 aromatic carbocycles. The predicted molar refractivity (Wildman–Crippen MR) is 48.4 cm³/mol. The van der Waals surface area contributed by atoms with Crippen molar-refractivity contribution in [1.29, 1.82) is 5.26 Å². The Morgan fingerprint density at radius 3 is 2.86 bits per heavy atom. The summed E-state index contributed by atoms with van der Waals surface area (Å²) in [7, 11) is 0. The lowest BCUT2D eigenvalue weighted by atomic mass is 10.0. The van der Waals surface area contributed by atoms with Gasteiger partial charge in [0.25, 0.3) is 0 Å². The highest BCUT2D eigenvalue weighted by Crippen LogP contribution is 2.17. The van der Waals surface area contributed by atoms with Gasteiger partial charge in [-0.1, -0.05) is 12.1 Å². The number of carbonyl (C=O) groups is 1. The minimum atomic E-state index is -1.07. The molecule has 1 atom stereocenters. The van der Waals surface area contributed by atoms with Crippen molar-refractivity contribution >= 4 is 5.97 Å². The van der Waals surface area contributed by atoms with E-state index in [0.29, 0.717) is 11.1 Å². The molecule has 0 amide bonds. The van der Waals surface area contributed by atoms with E-state index in [9.17, 15) is 9.90 Å². The van der Waals surface area contributed by atoms with Gasteiger partial charge in [0.1, 0.15) is 0 Å². The Bertz CT molecular complexity index is 381. The monoisotopic (exact) mass is 191 g/mol. The van der Waals surface area contributed by atoms with Crippen molar-refractivity contribution in [3.8, 4) is 6.07 Å². The first-order valence-corrected chi connectivity index (χ1v) is 4.03. The van der Waals surface area contributed by atoms with Crippen LogP contribution < -0.4 is 0 Å². The molecule has 0 aliphatic heterocycles. The smallest absolute Gasteiger partial charge is 0.306 e. The normalized spacial score (nSPS) is 11.7. The maximum Gasteiger partial charge on any atom is 0.306 e. The predicted octanol–water partition coefficient (Wildman–Crippen LogP) is 1.07. The molecule has 1 aromatic rings. The van der Waals surface area contributed by atoms with Gasteiger partial charge in [0.15, 0.2) is 0 Å². The molecule has 72 valence electrons. The van der Waals surface area contributed by atoms with E-state index >= 15 is 0 Å². The highest BCUT2D eigenvalue weighted by molar-refractivity contribution is 5.67. The van der Waals surface area contributed by atoms with Crippen molar-refractivity contribution in [2.24, 2.45) is 0 Å². The first-order valence-electron chi connectivity index (χ1n) is 4.03. The molecule has 4 heteroatoms. The number of rotatable bonds is 3. The van der Waals surface area contributed by atoms with E-state index in [0.717, 1.165) is 0 Å². The number of benzene rings is 1. The molecule has 0 saturated heterocycles. The summed E-state index contributed by atoms with van der Waals surface area (Å²) in [5.74, 6) is -1.07. The third-order valence-electron chi connectivity index (χ3n) is 1.77. The van der Waals surface area contributed by atoms with E-state index in [4.69, 9.17) is 10.4 Å². The zero-order valence-electron chi connectivity index (χ0n) is 7.34. The van der Waals surface area contributed by atoms with Gasteiger partial charge in [0.2, 0.25) is 0 Å². The Morgan fingerprint density at radius 1 is 1.57 bits per heavy atom. The van der Waals surface area contributed by atoms with E-state index in [2.05, 4.69) is 0 Å². The lowest BCUT2D eigenvalue weighted by Crippen LogP contribution is -2.05. The zero-order valence-corrected chi connectivity index (χ0v) is 7.34. The highest BCUT2D eigenvalue weighted by Gasteiger charge is 2.11. The summed E-state index contributed by atoms with van der Waals surface area (Å²) >= 11 is 0. The Morgan fingerprint density at radius 2 is 2.29 bits per heavy atom. The van der Waals surface area contributed by atoms with Crippen molar-refractivity contribution in [2.75, 3.05) is 0 Å². The van der Waals surface area contributed by atoms with Crippen LogP contribution in [0, 0.1) is 11.3 Å². The fraction of sp³-hybridized carbons (Fsp3) is 0.200. The average molecular weight is 191 g/mol. The lowest BCUT2D eigenvalue weighted by molar-refractivity contribution is -0.139. The molecule has 4 nitrogen and oxygen atoms in total. The van der Waals surface area contributed by atoms with Crippen LogP contribution in [0.4, 0.5) is 0 Å². The number of carboxylic acids is 1. The second kappa shape index (κ2) is 4.40. The van der Waals surface area contributed by atoms with Crippen LogP contribution in [0.2, 0.25) is 0 Å². The van der Waals surface area contributed by atoms with Gasteiger partial charge in [0.05, 0.1) is 24.2 Å².